The number of aliphatic hydroxyl groups is 1. The molecule has 18 heavy (non-hydrogen) atoms. The van der Waals surface area contributed by atoms with Crippen molar-refractivity contribution >= 4 is 5.97 Å². The fraction of sp³-hybridized carbons (Fsp3) is 0.667. The maximum atomic E-state index is 11.0. The number of carboxylic acid groups (broad SMARTS) is 1. The molecule has 3 atom stereocenters. The van der Waals surface area contributed by atoms with Crippen LogP contribution < -0.4 is 0 Å². The molecular weight excluding hydrogens is 228 g/mol. The Morgan fingerprint density at radius 1 is 1.50 bits per heavy atom. The molecule has 0 radical (unpaired) electrons. The standard InChI is InChI=1S/C15H22O3/c1-9-5-4-6-15(3)12(9)7-11(8-13(15)16)10(2)14(17)18/h11,13,16H,2,4-8H2,1,3H3,(H,17,18)/t11-,13-,15-/m0/s1. The molecule has 2 rings (SSSR count). The Hall–Kier alpha value is -1.09. The van der Waals surface area contributed by atoms with Crippen molar-refractivity contribution in [3.05, 3.63) is 23.3 Å². The minimum Gasteiger partial charge on any atom is -0.478 e. The quantitative estimate of drug-likeness (QED) is 0.585. The van der Waals surface area contributed by atoms with Gasteiger partial charge in [0.2, 0.25) is 0 Å². The Labute approximate surface area is 108 Å². The lowest BCUT2D eigenvalue weighted by Crippen LogP contribution is -2.43. The summed E-state index contributed by atoms with van der Waals surface area (Å²) < 4.78 is 0. The van der Waals surface area contributed by atoms with Gasteiger partial charge in [0.15, 0.2) is 0 Å². The van der Waals surface area contributed by atoms with Crippen molar-refractivity contribution in [1.82, 2.24) is 0 Å². The van der Waals surface area contributed by atoms with E-state index in [4.69, 9.17) is 5.11 Å². The van der Waals surface area contributed by atoms with Crippen molar-refractivity contribution in [2.75, 3.05) is 0 Å². The first kappa shape index (κ1) is 13.3. The Morgan fingerprint density at radius 2 is 2.17 bits per heavy atom. The first-order chi connectivity index (χ1) is 8.36. The van der Waals surface area contributed by atoms with Crippen LogP contribution >= 0.6 is 0 Å². The zero-order valence-corrected chi connectivity index (χ0v) is 11.2. The van der Waals surface area contributed by atoms with Crippen molar-refractivity contribution in [2.45, 2.75) is 52.1 Å². The van der Waals surface area contributed by atoms with E-state index >= 15 is 0 Å². The van der Waals surface area contributed by atoms with Crippen LogP contribution in [0.25, 0.3) is 0 Å². The van der Waals surface area contributed by atoms with E-state index in [0.717, 1.165) is 25.7 Å². The predicted octanol–water partition coefficient (Wildman–Crippen LogP) is 2.90. The van der Waals surface area contributed by atoms with E-state index in [0.29, 0.717) is 6.42 Å². The fourth-order valence-electron chi connectivity index (χ4n) is 3.58. The summed E-state index contributed by atoms with van der Waals surface area (Å²) in [5.74, 6) is -1.06. The van der Waals surface area contributed by atoms with Gasteiger partial charge in [-0.1, -0.05) is 24.6 Å². The summed E-state index contributed by atoms with van der Waals surface area (Å²) in [5, 5.41) is 19.5. The molecule has 0 aromatic rings. The van der Waals surface area contributed by atoms with Crippen molar-refractivity contribution in [3.63, 3.8) is 0 Å². The third-order valence-electron chi connectivity index (χ3n) is 4.91. The topological polar surface area (TPSA) is 57.5 Å². The van der Waals surface area contributed by atoms with Gasteiger partial charge in [0.25, 0.3) is 0 Å². The summed E-state index contributed by atoms with van der Waals surface area (Å²) in [4.78, 5) is 11.0. The highest BCUT2D eigenvalue weighted by Gasteiger charge is 2.45. The van der Waals surface area contributed by atoms with Gasteiger partial charge in [-0.3, -0.25) is 0 Å². The number of hydrogen-bond donors (Lipinski definition) is 2. The summed E-state index contributed by atoms with van der Waals surface area (Å²) in [7, 11) is 0. The lowest BCUT2D eigenvalue weighted by atomic mass is 9.59. The van der Waals surface area contributed by atoms with Crippen LogP contribution in [0, 0.1) is 11.3 Å². The molecule has 0 spiro atoms. The smallest absolute Gasteiger partial charge is 0.331 e. The number of aliphatic hydroxyl groups excluding tert-OH is 1. The Morgan fingerprint density at radius 3 is 2.78 bits per heavy atom. The van der Waals surface area contributed by atoms with Crippen molar-refractivity contribution in [1.29, 1.82) is 0 Å². The van der Waals surface area contributed by atoms with E-state index in [1.807, 2.05) is 0 Å². The van der Waals surface area contributed by atoms with Crippen LogP contribution in [0.4, 0.5) is 0 Å². The van der Waals surface area contributed by atoms with Gasteiger partial charge in [-0.15, -0.1) is 0 Å². The van der Waals surface area contributed by atoms with E-state index < -0.39 is 12.1 Å². The zero-order valence-electron chi connectivity index (χ0n) is 11.2. The zero-order chi connectivity index (χ0) is 13.5. The molecule has 3 heteroatoms. The third kappa shape index (κ3) is 2.01. The highest BCUT2D eigenvalue weighted by Crippen LogP contribution is 2.52. The molecule has 0 aromatic carbocycles. The van der Waals surface area contributed by atoms with Crippen LogP contribution in [0.15, 0.2) is 23.3 Å². The molecule has 2 aliphatic rings. The SMILES string of the molecule is C=C(C(=O)O)[C@H]1CC2=C(C)CCC[C@]2(C)[C@@H](O)C1. The number of aliphatic carboxylic acids is 1. The van der Waals surface area contributed by atoms with Crippen LogP contribution in [0.3, 0.4) is 0 Å². The average Bonchev–Trinajstić information content (AvgIpc) is 2.30. The maximum absolute atomic E-state index is 11.0. The molecule has 2 N–H and O–H groups in total. The fourth-order valence-corrected chi connectivity index (χ4v) is 3.58. The van der Waals surface area contributed by atoms with Gasteiger partial charge in [0.1, 0.15) is 0 Å². The molecule has 0 aromatic heterocycles. The van der Waals surface area contributed by atoms with Crippen LogP contribution in [-0.2, 0) is 4.79 Å². The first-order valence-electron chi connectivity index (χ1n) is 6.65. The van der Waals surface area contributed by atoms with Crippen molar-refractivity contribution in [3.8, 4) is 0 Å². The summed E-state index contributed by atoms with van der Waals surface area (Å²) >= 11 is 0. The lowest BCUT2D eigenvalue weighted by Gasteiger charge is -2.47. The largest absolute Gasteiger partial charge is 0.478 e. The monoisotopic (exact) mass is 250 g/mol. The average molecular weight is 250 g/mol. The molecule has 1 saturated carbocycles. The highest BCUT2D eigenvalue weighted by atomic mass is 16.4. The molecule has 0 amide bonds. The van der Waals surface area contributed by atoms with Crippen molar-refractivity contribution in [2.24, 2.45) is 11.3 Å². The van der Waals surface area contributed by atoms with Gasteiger partial charge in [0.05, 0.1) is 6.10 Å². The molecular formula is C15H22O3. The predicted molar refractivity (Wildman–Crippen MR) is 70.2 cm³/mol. The van der Waals surface area contributed by atoms with Gasteiger partial charge in [-0.05, 0) is 44.9 Å². The minimum atomic E-state index is -0.940. The Balaban J connectivity index is 2.32. The molecule has 100 valence electrons. The van der Waals surface area contributed by atoms with Crippen LogP contribution in [0.5, 0.6) is 0 Å². The van der Waals surface area contributed by atoms with E-state index in [2.05, 4.69) is 20.4 Å². The highest BCUT2D eigenvalue weighted by molar-refractivity contribution is 5.86. The summed E-state index contributed by atoms with van der Waals surface area (Å²) in [6, 6.07) is 0. The number of carbonyl (C=O) groups is 1. The van der Waals surface area contributed by atoms with E-state index in [1.165, 1.54) is 11.1 Å². The van der Waals surface area contributed by atoms with Gasteiger partial charge >= 0.3 is 5.97 Å². The maximum Gasteiger partial charge on any atom is 0.331 e. The molecule has 0 saturated heterocycles. The molecule has 2 aliphatic carbocycles. The van der Waals surface area contributed by atoms with E-state index in [-0.39, 0.29) is 16.9 Å². The van der Waals surface area contributed by atoms with Crippen LogP contribution in [0.2, 0.25) is 0 Å². The summed E-state index contributed by atoms with van der Waals surface area (Å²) in [6.45, 7) is 7.90. The van der Waals surface area contributed by atoms with Gasteiger partial charge in [-0.25, -0.2) is 4.79 Å². The Kier molecular flexibility index (Phi) is 3.37. The second-order valence-electron chi connectivity index (χ2n) is 6.01. The van der Waals surface area contributed by atoms with Gasteiger partial charge < -0.3 is 10.2 Å². The van der Waals surface area contributed by atoms with E-state index in [1.54, 1.807) is 0 Å². The van der Waals surface area contributed by atoms with Crippen LogP contribution in [-0.4, -0.2) is 22.3 Å². The molecule has 1 fully saturated rings. The molecule has 3 nitrogen and oxygen atoms in total. The number of hydrogen-bond acceptors (Lipinski definition) is 2. The summed E-state index contributed by atoms with van der Waals surface area (Å²) in [6.07, 6.45) is 4.03. The normalized spacial score (nSPS) is 36.2. The first-order valence-corrected chi connectivity index (χ1v) is 6.65. The molecule has 0 aliphatic heterocycles. The number of carboxylic acids is 1. The number of allylic oxidation sites excluding steroid dienone is 1. The van der Waals surface area contributed by atoms with Crippen molar-refractivity contribution < 1.29 is 15.0 Å². The number of rotatable bonds is 2. The van der Waals surface area contributed by atoms with E-state index in [9.17, 15) is 9.90 Å². The molecule has 0 unspecified atom stereocenters. The lowest BCUT2D eigenvalue weighted by molar-refractivity contribution is -0.133. The molecule has 0 bridgehead atoms. The second-order valence-corrected chi connectivity index (χ2v) is 6.01. The van der Waals surface area contributed by atoms with Gasteiger partial charge in [0, 0.05) is 11.0 Å². The molecule has 0 heterocycles. The number of fused-ring (bicyclic) bond motifs is 1. The third-order valence-corrected chi connectivity index (χ3v) is 4.91. The minimum absolute atomic E-state index is 0.117. The Bertz CT molecular complexity index is 421. The van der Waals surface area contributed by atoms with Crippen LogP contribution in [0.1, 0.15) is 46.0 Å². The second kappa shape index (κ2) is 4.54. The van der Waals surface area contributed by atoms with Gasteiger partial charge in [-0.2, -0.15) is 0 Å². The summed E-state index contributed by atoms with van der Waals surface area (Å²) in [5.41, 5.74) is 2.71.